The van der Waals surface area contributed by atoms with Crippen molar-refractivity contribution >= 4 is 21.9 Å². The SMILES string of the molecule is CC(=O)c1cc(OCC(=O)O)cc(OS(=O)(=O)C(F)(F)F)c1. The van der Waals surface area contributed by atoms with E-state index < -0.39 is 39.7 Å². The molecule has 122 valence electrons. The summed E-state index contributed by atoms with van der Waals surface area (Å²) >= 11 is 0. The Labute approximate surface area is 122 Å². The molecule has 0 fully saturated rings. The average Bonchev–Trinajstić information content (AvgIpc) is 2.34. The van der Waals surface area contributed by atoms with Crippen molar-refractivity contribution in [3.8, 4) is 11.5 Å². The molecule has 11 heteroatoms. The minimum atomic E-state index is -5.92. The van der Waals surface area contributed by atoms with Crippen LogP contribution in [0.15, 0.2) is 18.2 Å². The molecule has 7 nitrogen and oxygen atoms in total. The third kappa shape index (κ3) is 4.62. The molecule has 0 saturated heterocycles. The highest BCUT2D eigenvalue weighted by atomic mass is 32.2. The average molecular weight is 342 g/mol. The van der Waals surface area contributed by atoms with E-state index in [4.69, 9.17) is 9.84 Å². The Balaban J connectivity index is 3.19. The van der Waals surface area contributed by atoms with E-state index >= 15 is 0 Å². The van der Waals surface area contributed by atoms with Gasteiger partial charge in [0.2, 0.25) is 0 Å². The standard InChI is InChI=1S/C11H9F3O7S/c1-6(15)7-2-8(20-5-10(16)17)4-9(3-7)21-22(18,19)11(12,13)14/h2-4H,5H2,1H3,(H,16,17). The van der Waals surface area contributed by atoms with Crippen LogP contribution < -0.4 is 8.92 Å². The molecule has 0 heterocycles. The molecule has 1 rings (SSSR count). The molecule has 0 amide bonds. The number of Topliss-reactive ketones (excluding diaryl/α,β-unsaturated/α-hetero) is 1. The van der Waals surface area contributed by atoms with Crippen molar-refractivity contribution in [3.63, 3.8) is 0 Å². The molecule has 1 N–H and O–H groups in total. The summed E-state index contributed by atoms with van der Waals surface area (Å²) in [6.07, 6.45) is 0. The van der Waals surface area contributed by atoms with Crippen LogP contribution in [0.1, 0.15) is 17.3 Å². The van der Waals surface area contributed by atoms with Gasteiger partial charge in [-0.3, -0.25) is 4.79 Å². The second-order valence-corrected chi connectivity index (χ2v) is 5.45. The number of carbonyl (C=O) groups excluding carboxylic acids is 1. The fraction of sp³-hybridized carbons (Fsp3) is 0.273. The van der Waals surface area contributed by atoms with Gasteiger partial charge in [0, 0.05) is 11.6 Å². The van der Waals surface area contributed by atoms with Crippen molar-refractivity contribution in [1.82, 2.24) is 0 Å². The molecule has 0 spiro atoms. The molecule has 1 aromatic carbocycles. The Morgan fingerprint density at radius 3 is 2.18 bits per heavy atom. The number of hydrogen-bond donors (Lipinski definition) is 1. The lowest BCUT2D eigenvalue weighted by Crippen LogP contribution is -2.28. The molecule has 0 unspecified atom stereocenters. The molecule has 0 bridgehead atoms. The van der Waals surface area contributed by atoms with Crippen molar-refractivity contribution < 1.29 is 45.2 Å². The largest absolute Gasteiger partial charge is 0.534 e. The lowest BCUT2D eigenvalue weighted by atomic mass is 10.1. The van der Waals surface area contributed by atoms with Gasteiger partial charge in [0.1, 0.15) is 11.5 Å². The molecular formula is C11H9F3O7S. The van der Waals surface area contributed by atoms with Gasteiger partial charge < -0.3 is 14.0 Å². The summed E-state index contributed by atoms with van der Waals surface area (Å²) in [6.45, 7) is 0.227. The van der Waals surface area contributed by atoms with Gasteiger partial charge in [0.15, 0.2) is 12.4 Å². The normalized spacial score (nSPS) is 11.8. The maximum Gasteiger partial charge on any atom is 0.534 e. The Morgan fingerprint density at radius 2 is 1.73 bits per heavy atom. The van der Waals surface area contributed by atoms with E-state index in [1.54, 1.807) is 0 Å². The van der Waals surface area contributed by atoms with Gasteiger partial charge in [-0.05, 0) is 19.1 Å². The van der Waals surface area contributed by atoms with Crippen LogP contribution in [-0.4, -0.2) is 37.4 Å². The molecule has 1 aromatic rings. The Morgan fingerprint density at radius 1 is 1.18 bits per heavy atom. The van der Waals surface area contributed by atoms with Gasteiger partial charge in [-0.2, -0.15) is 21.6 Å². The van der Waals surface area contributed by atoms with Crippen molar-refractivity contribution in [3.05, 3.63) is 23.8 Å². The molecule has 0 saturated carbocycles. The topological polar surface area (TPSA) is 107 Å². The number of aliphatic carboxylic acids is 1. The van der Waals surface area contributed by atoms with Gasteiger partial charge in [0.25, 0.3) is 0 Å². The highest BCUT2D eigenvalue weighted by Gasteiger charge is 2.48. The molecule has 0 aliphatic heterocycles. The number of alkyl halides is 3. The van der Waals surface area contributed by atoms with Crippen LogP contribution in [0, 0.1) is 0 Å². The number of carboxylic acids is 1. The molecule has 0 radical (unpaired) electrons. The molecule has 22 heavy (non-hydrogen) atoms. The summed E-state index contributed by atoms with van der Waals surface area (Å²) in [7, 11) is -5.92. The van der Waals surface area contributed by atoms with Crippen LogP contribution in [0.2, 0.25) is 0 Å². The molecule has 0 aromatic heterocycles. The highest BCUT2D eigenvalue weighted by molar-refractivity contribution is 7.88. The fourth-order valence-corrected chi connectivity index (χ4v) is 1.67. The number of ether oxygens (including phenoxy) is 1. The van der Waals surface area contributed by atoms with E-state index in [0.717, 1.165) is 25.1 Å². The molecule has 0 atom stereocenters. The number of rotatable bonds is 6. The second-order valence-electron chi connectivity index (χ2n) is 3.91. The lowest BCUT2D eigenvalue weighted by molar-refractivity contribution is -0.139. The quantitative estimate of drug-likeness (QED) is 0.475. The minimum absolute atomic E-state index is 0.213. The van der Waals surface area contributed by atoms with E-state index in [1.165, 1.54) is 0 Å². The Kier molecular flexibility index (Phi) is 5.02. The summed E-state index contributed by atoms with van der Waals surface area (Å²) in [6, 6.07) is 2.52. The zero-order chi connectivity index (χ0) is 17.1. The second kappa shape index (κ2) is 6.22. The predicted molar refractivity (Wildman–Crippen MR) is 65.2 cm³/mol. The Hall–Kier alpha value is -2.30. The highest BCUT2D eigenvalue weighted by Crippen LogP contribution is 2.30. The van der Waals surface area contributed by atoms with Crippen molar-refractivity contribution in [2.24, 2.45) is 0 Å². The van der Waals surface area contributed by atoms with Crippen LogP contribution >= 0.6 is 0 Å². The van der Waals surface area contributed by atoms with Gasteiger partial charge in [-0.15, -0.1) is 0 Å². The van der Waals surface area contributed by atoms with Crippen LogP contribution in [-0.2, 0) is 14.9 Å². The smallest absolute Gasteiger partial charge is 0.482 e. The zero-order valence-corrected chi connectivity index (χ0v) is 11.7. The first-order chi connectivity index (χ1) is 9.92. The van der Waals surface area contributed by atoms with E-state index in [9.17, 15) is 31.2 Å². The van der Waals surface area contributed by atoms with Crippen LogP contribution in [0.4, 0.5) is 13.2 Å². The summed E-state index contributed by atoms with van der Waals surface area (Å²) in [5.41, 5.74) is -5.86. The van der Waals surface area contributed by atoms with E-state index in [-0.39, 0.29) is 11.3 Å². The van der Waals surface area contributed by atoms with Gasteiger partial charge in [0.05, 0.1) is 0 Å². The van der Waals surface area contributed by atoms with Crippen molar-refractivity contribution in [2.75, 3.05) is 6.61 Å². The maximum absolute atomic E-state index is 12.2. The van der Waals surface area contributed by atoms with Crippen LogP contribution in [0.5, 0.6) is 11.5 Å². The lowest BCUT2D eigenvalue weighted by Gasteiger charge is -2.12. The first-order valence-electron chi connectivity index (χ1n) is 5.44. The Bertz CT molecular complexity index is 694. The zero-order valence-electron chi connectivity index (χ0n) is 10.9. The van der Waals surface area contributed by atoms with Crippen molar-refractivity contribution in [1.29, 1.82) is 0 Å². The van der Waals surface area contributed by atoms with E-state index in [0.29, 0.717) is 0 Å². The van der Waals surface area contributed by atoms with E-state index in [1.807, 2.05) is 0 Å². The number of carboxylic acid groups (broad SMARTS) is 1. The number of carbonyl (C=O) groups is 2. The maximum atomic E-state index is 12.2. The monoisotopic (exact) mass is 342 g/mol. The number of hydrogen-bond acceptors (Lipinski definition) is 6. The van der Waals surface area contributed by atoms with Crippen LogP contribution in [0.3, 0.4) is 0 Å². The third-order valence-corrected chi connectivity index (χ3v) is 3.12. The number of ketones is 1. The number of benzene rings is 1. The summed E-state index contributed by atoms with van der Waals surface area (Å²) < 4.78 is 67.1. The third-order valence-electron chi connectivity index (χ3n) is 2.14. The van der Waals surface area contributed by atoms with Crippen LogP contribution in [0.25, 0.3) is 0 Å². The van der Waals surface area contributed by atoms with Gasteiger partial charge >= 0.3 is 21.6 Å². The number of halogens is 3. The van der Waals surface area contributed by atoms with E-state index in [2.05, 4.69) is 4.18 Å². The summed E-state index contributed by atoms with van der Waals surface area (Å²) in [4.78, 5) is 21.6. The first-order valence-corrected chi connectivity index (χ1v) is 6.84. The summed E-state index contributed by atoms with van der Waals surface area (Å²) in [5, 5.41) is 8.45. The fourth-order valence-electron chi connectivity index (χ4n) is 1.23. The van der Waals surface area contributed by atoms with Crippen molar-refractivity contribution in [2.45, 2.75) is 12.4 Å². The predicted octanol–water partition coefficient (Wildman–Crippen LogP) is 1.58. The molecular weight excluding hydrogens is 333 g/mol. The van der Waals surface area contributed by atoms with Gasteiger partial charge in [-0.1, -0.05) is 0 Å². The van der Waals surface area contributed by atoms with Gasteiger partial charge in [-0.25, -0.2) is 4.79 Å². The molecule has 0 aliphatic carbocycles. The first kappa shape index (κ1) is 17.8. The minimum Gasteiger partial charge on any atom is -0.482 e. The molecule has 0 aliphatic rings. The summed E-state index contributed by atoms with van der Waals surface area (Å²) in [5.74, 6) is -3.15.